The summed E-state index contributed by atoms with van der Waals surface area (Å²) >= 11 is 1.48. The van der Waals surface area contributed by atoms with Gasteiger partial charge in [0.25, 0.3) is 0 Å². The second-order valence-electron chi connectivity index (χ2n) is 5.95. The topological polar surface area (TPSA) is 59.9 Å². The van der Waals surface area contributed by atoms with Crippen molar-refractivity contribution in [3.05, 3.63) is 72.3 Å². The molecule has 4 rings (SSSR count). The number of nitrogens with one attached hydrogen (secondary N) is 1. The van der Waals surface area contributed by atoms with Crippen LogP contribution in [0.3, 0.4) is 0 Å². The van der Waals surface area contributed by atoms with Gasteiger partial charge in [0, 0.05) is 22.6 Å². The van der Waals surface area contributed by atoms with Gasteiger partial charge in [-0.25, -0.2) is 0 Å². The van der Waals surface area contributed by atoms with Gasteiger partial charge in [-0.3, -0.25) is 0 Å². The fourth-order valence-corrected chi connectivity index (χ4v) is 3.25. The average Bonchev–Trinajstić information content (AvgIpc) is 2.83. The van der Waals surface area contributed by atoms with E-state index in [9.17, 15) is 0 Å². The van der Waals surface area contributed by atoms with Crippen LogP contribution >= 0.6 is 11.8 Å². The lowest BCUT2D eigenvalue weighted by Crippen LogP contribution is -2.17. The number of rotatable bonds is 4. The van der Waals surface area contributed by atoms with Crippen molar-refractivity contribution in [3.8, 4) is 17.1 Å². The zero-order valence-corrected chi connectivity index (χ0v) is 15.2. The molecule has 1 aromatic heterocycles. The Hall–Kier alpha value is -2.86. The Kier molecular flexibility index (Phi) is 4.58. The van der Waals surface area contributed by atoms with Gasteiger partial charge in [0.2, 0.25) is 11.0 Å². The van der Waals surface area contributed by atoms with E-state index < -0.39 is 0 Å². The van der Waals surface area contributed by atoms with Crippen LogP contribution in [0.15, 0.2) is 66.3 Å². The van der Waals surface area contributed by atoms with E-state index in [4.69, 9.17) is 4.74 Å². The number of ether oxygens (including phenoxy) is 1. The number of benzene rings is 2. The molecule has 3 aromatic rings. The van der Waals surface area contributed by atoms with Crippen molar-refractivity contribution in [2.24, 2.45) is 0 Å². The molecular formula is C20H18N4OS. The summed E-state index contributed by atoms with van der Waals surface area (Å²) in [6.07, 6.45) is 1.46. The summed E-state index contributed by atoms with van der Waals surface area (Å²) < 4.78 is 6.22. The summed E-state index contributed by atoms with van der Waals surface area (Å²) in [6.45, 7) is 5.79. The maximum atomic E-state index is 6.22. The van der Waals surface area contributed by atoms with E-state index in [2.05, 4.69) is 58.3 Å². The first-order valence-corrected chi connectivity index (χ1v) is 9.31. The maximum absolute atomic E-state index is 6.22. The van der Waals surface area contributed by atoms with Gasteiger partial charge in [-0.15, -0.1) is 16.8 Å². The monoisotopic (exact) mass is 362 g/mol. The van der Waals surface area contributed by atoms with Crippen LogP contribution in [0.2, 0.25) is 0 Å². The highest BCUT2D eigenvalue weighted by Gasteiger charge is 2.25. The minimum Gasteiger partial charge on any atom is -0.448 e. The Labute approximate surface area is 156 Å². The first kappa shape index (κ1) is 16.6. The molecule has 0 unspecified atom stereocenters. The number of fused-ring (bicyclic) bond motifs is 3. The third-order valence-electron chi connectivity index (χ3n) is 4.04. The molecule has 0 radical (unpaired) electrons. The molecule has 6 heteroatoms. The van der Waals surface area contributed by atoms with Crippen molar-refractivity contribution in [2.45, 2.75) is 18.3 Å². The molecule has 0 saturated heterocycles. The molecule has 0 fully saturated rings. The lowest BCUT2D eigenvalue weighted by Gasteiger charge is -2.19. The Morgan fingerprint density at radius 1 is 1.15 bits per heavy atom. The van der Waals surface area contributed by atoms with E-state index in [0.29, 0.717) is 16.7 Å². The van der Waals surface area contributed by atoms with Gasteiger partial charge in [0.1, 0.15) is 0 Å². The van der Waals surface area contributed by atoms with Crippen LogP contribution in [0.25, 0.3) is 11.3 Å². The number of thioether (sulfide) groups is 1. The normalized spacial score (nSPS) is 15.0. The number of nitrogens with zero attached hydrogens (tertiary/aromatic N) is 3. The Bertz CT molecular complexity index is 943. The van der Waals surface area contributed by atoms with Crippen LogP contribution in [0.5, 0.6) is 5.88 Å². The molecular weight excluding hydrogens is 344 g/mol. The molecule has 130 valence electrons. The molecule has 0 amide bonds. The summed E-state index contributed by atoms with van der Waals surface area (Å²) in [5.41, 5.74) is 4.75. The molecule has 1 N–H and O–H groups in total. The van der Waals surface area contributed by atoms with Crippen LogP contribution in [-0.4, -0.2) is 20.9 Å². The highest BCUT2D eigenvalue weighted by atomic mass is 32.2. The lowest BCUT2D eigenvalue weighted by atomic mass is 10.1. The molecule has 1 aliphatic rings. The maximum Gasteiger partial charge on any atom is 0.247 e. The molecule has 26 heavy (non-hydrogen) atoms. The van der Waals surface area contributed by atoms with Crippen molar-refractivity contribution >= 4 is 17.4 Å². The third-order valence-corrected chi connectivity index (χ3v) is 4.88. The SMILES string of the molecule is C=CCSc1nnc2c(n1)O[C@H](c1ccc(C)cc1)Nc1ccccc1-2. The molecule has 0 aliphatic carbocycles. The van der Waals surface area contributed by atoms with Gasteiger partial charge >= 0.3 is 0 Å². The van der Waals surface area contributed by atoms with Crippen molar-refractivity contribution < 1.29 is 4.74 Å². The molecule has 1 atom stereocenters. The number of anilines is 1. The largest absolute Gasteiger partial charge is 0.448 e. The van der Waals surface area contributed by atoms with Crippen LogP contribution in [-0.2, 0) is 0 Å². The van der Waals surface area contributed by atoms with E-state index in [1.807, 2.05) is 30.3 Å². The minimum absolute atomic E-state index is 0.355. The Morgan fingerprint density at radius 2 is 1.96 bits per heavy atom. The smallest absolute Gasteiger partial charge is 0.247 e. The van der Waals surface area contributed by atoms with Crippen molar-refractivity contribution in [3.63, 3.8) is 0 Å². The van der Waals surface area contributed by atoms with Gasteiger partial charge in [0.15, 0.2) is 11.9 Å². The van der Waals surface area contributed by atoms with Gasteiger partial charge in [-0.05, 0) is 13.0 Å². The van der Waals surface area contributed by atoms with Gasteiger partial charge in [0.05, 0.1) is 0 Å². The Balaban J connectivity index is 1.79. The van der Waals surface area contributed by atoms with E-state index in [-0.39, 0.29) is 6.23 Å². The van der Waals surface area contributed by atoms with Crippen molar-refractivity contribution in [2.75, 3.05) is 11.1 Å². The van der Waals surface area contributed by atoms with Crippen molar-refractivity contribution in [1.82, 2.24) is 15.2 Å². The lowest BCUT2D eigenvalue weighted by molar-refractivity contribution is 0.225. The fourth-order valence-electron chi connectivity index (χ4n) is 2.73. The van der Waals surface area contributed by atoms with E-state index >= 15 is 0 Å². The molecule has 5 nitrogen and oxygen atoms in total. The number of hydrogen-bond acceptors (Lipinski definition) is 6. The molecule has 0 saturated carbocycles. The number of para-hydroxylation sites is 1. The highest BCUT2D eigenvalue weighted by Crippen LogP contribution is 2.39. The first-order valence-electron chi connectivity index (χ1n) is 8.32. The van der Waals surface area contributed by atoms with E-state index in [1.165, 1.54) is 17.3 Å². The highest BCUT2D eigenvalue weighted by molar-refractivity contribution is 7.99. The molecule has 0 bridgehead atoms. The summed E-state index contributed by atoms with van der Waals surface area (Å²) in [5.74, 6) is 1.20. The molecule has 2 aromatic carbocycles. The summed E-state index contributed by atoms with van der Waals surface area (Å²) in [6, 6.07) is 16.2. The zero-order chi connectivity index (χ0) is 17.9. The molecule has 1 aliphatic heterocycles. The van der Waals surface area contributed by atoms with Crippen LogP contribution in [0.4, 0.5) is 5.69 Å². The average molecular weight is 362 g/mol. The number of aromatic nitrogens is 3. The van der Waals surface area contributed by atoms with Gasteiger partial charge in [-0.2, -0.15) is 4.98 Å². The Morgan fingerprint density at radius 3 is 2.77 bits per heavy atom. The fraction of sp³-hybridized carbons (Fsp3) is 0.150. The molecule has 2 heterocycles. The predicted octanol–water partition coefficient (Wildman–Crippen LogP) is 4.63. The first-order chi connectivity index (χ1) is 12.7. The van der Waals surface area contributed by atoms with Gasteiger partial charge in [-0.1, -0.05) is 65.9 Å². The number of aryl methyl sites for hydroxylation is 1. The quantitative estimate of drug-likeness (QED) is 0.539. The van der Waals surface area contributed by atoms with E-state index in [1.54, 1.807) is 0 Å². The minimum atomic E-state index is -0.355. The van der Waals surface area contributed by atoms with Crippen LogP contribution in [0, 0.1) is 6.92 Å². The van der Waals surface area contributed by atoms with Crippen molar-refractivity contribution in [1.29, 1.82) is 0 Å². The van der Waals surface area contributed by atoms with Crippen LogP contribution in [0.1, 0.15) is 17.4 Å². The zero-order valence-electron chi connectivity index (χ0n) is 14.3. The second-order valence-corrected chi connectivity index (χ2v) is 6.93. The van der Waals surface area contributed by atoms with Crippen LogP contribution < -0.4 is 10.1 Å². The summed E-state index contributed by atoms with van der Waals surface area (Å²) in [5, 5.41) is 12.6. The standard InChI is InChI=1S/C20H18N4OS/c1-3-12-26-20-22-19-17(23-24-20)15-6-4-5-7-16(15)21-18(25-19)14-10-8-13(2)9-11-14/h3-11,18,21H,1,12H2,2H3/t18-/m1/s1. The van der Waals surface area contributed by atoms with E-state index in [0.717, 1.165) is 22.6 Å². The number of hydrogen-bond donors (Lipinski definition) is 1. The summed E-state index contributed by atoms with van der Waals surface area (Å²) in [4.78, 5) is 4.58. The third kappa shape index (κ3) is 3.28. The molecule has 0 spiro atoms. The summed E-state index contributed by atoms with van der Waals surface area (Å²) in [7, 11) is 0. The predicted molar refractivity (Wildman–Crippen MR) is 104 cm³/mol. The second kappa shape index (κ2) is 7.17. The van der Waals surface area contributed by atoms with Gasteiger partial charge < -0.3 is 10.1 Å².